The molecule has 0 N–H and O–H groups in total. The van der Waals surface area contributed by atoms with Gasteiger partial charge in [-0.25, -0.2) is 4.39 Å². The van der Waals surface area contributed by atoms with Crippen molar-refractivity contribution >= 4 is 11.6 Å². The lowest BCUT2D eigenvalue weighted by Crippen LogP contribution is -2.06. The van der Waals surface area contributed by atoms with E-state index in [2.05, 4.69) is 9.97 Å². The summed E-state index contributed by atoms with van der Waals surface area (Å²) in [6.45, 7) is 0. The predicted octanol–water partition coefficient (Wildman–Crippen LogP) is 2.97. The Morgan fingerprint density at radius 3 is 2.58 bits per heavy atom. The van der Waals surface area contributed by atoms with Gasteiger partial charge in [0.1, 0.15) is 6.33 Å². The van der Waals surface area contributed by atoms with Crippen LogP contribution in [-0.4, -0.2) is 24.2 Å². The largest absolute Gasteiger partial charge is 0.487 e. The van der Waals surface area contributed by atoms with Gasteiger partial charge in [-0.05, 0) is 18.9 Å². The molecule has 102 valence electrons. The predicted molar refractivity (Wildman–Crippen MR) is 67.1 cm³/mol. The quantitative estimate of drug-likeness (QED) is 0.852. The number of ether oxygens (including phenoxy) is 3. The van der Waals surface area contributed by atoms with Crippen LogP contribution in [0.15, 0.2) is 29.0 Å². The molecule has 19 heavy (non-hydrogen) atoms. The number of hydrogen-bond acceptors (Lipinski definition) is 5. The van der Waals surface area contributed by atoms with Gasteiger partial charge in [-0.1, -0.05) is 11.6 Å². The van der Waals surface area contributed by atoms with Gasteiger partial charge in [-0.3, -0.25) is 0 Å². The van der Waals surface area contributed by atoms with Gasteiger partial charge in [0.15, 0.2) is 11.6 Å². The maximum Gasteiger partial charge on any atom is 0.270 e. The highest BCUT2D eigenvalue weighted by atomic mass is 35.5. The number of nitrogens with zero attached hydrogens (tertiary/aromatic N) is 2. The van der Waals surface area contributed by atoms with E-state index in [4.69, 9.17) is 25.8 Å². The fourth-order valence-electron chi connectivity index (χ4n) is 1.60. The Bertz CT molecular complexity index is 546. The highest BCUT2D eigenvalue weighted by Crippen LogP contribution is 2.37. The number of aromatic nitrogens is 2. The number of allylic oxidation sites excluding steroid dienone is 3. The highest BCUT2D eigenvalue weighted by molar-refractivity contribution is 6.30. The van der Waals surface area contributed by atoms with Gasteiger partial charge in [-0.2, -0.15) is 9.97 Å². The van der Waals surface area contributed by atoms with Crippen molar-refractivity contribution in [1.82, 2.24) is 9.97 Å². The fraction of sp³-hybridized carbons (Fsp3) is 0.333. The van der Waals surface area contributed by atoms with E-state index in [0.29, 0.717) is 17.9 Å². The summed E-state index contributed by atoms with van der Waals surface area (Å²) >= 11 is 5.95. The average molecular weight is 287 g/mol. The average Bonchev–Trinajstić information content (AvgIpc) is 2.42. The molecule has 0 bridgehead atoms. The Morgan fingerprint density at radius 1 is 1.21 bits per heavy atom. The lowest BCUT2D eigenvalue weighted by Gasteiger charge is -2.15. The lowest BCUT2D eigenvalue weighted by atomic mass is 10.1. The van der Waals surface area contributed by atoms with Crippen LogP contribution in [0.25, 0.3) is 0 Å². The van der Waals surface area contributed by atoms with Gasteiger partial charge in [0.25, 0.3) is 11.8 Å². The highest BCUT2D eigenvalue weighted by Gasteiger charge is 2.22. The van der Waals surface area contributed by atoms with Gasteiger partial charge in [-0.15, -0.1) is 0 Å². The van der Waals surface area contributed by atoms with Crippen LogP contribution in [0.4, 0.5) is 4.39 Å². The Hall–Kier alpha value is -1.82. The van der Waals surface area contributed by atoms with Crippen molar-refractivity contribution in [1.29, 1.82) is 0 Å². The fourth-order valence-corrected chi connectivity index (χ4v) is 1.84. The van der Waals surface area contributed by atoms with Gasteiger partial charge in [0.2, 0.25) is 5.75 Å². The van der Waals surface area contributed by atoms with Crippen LogP contribution in [0.1, 0.15) is 12.8 Å². The molecule has 7 heteroatoms. The summed E-state index contributed by atoms with van der Waals surface area (Å²) < 4.78 is 29.2. The molecule has 1 aromatic rings. The number of hydrogen-bond donors (Lipinski definition) is 0. The maximum absolute atomic E-state index is 13.7. The van der Waals surface area contributed by atoms with Crippen LogP contribution in [0.5, 0.6) is 17.5 Å². The Kier molecular flexibility index (Phi) is 4.21. The van der Waals surface area contributed by atoms with Crippen molar-refractivity contribution < 1.29 is 18.6 Å². The zero-order chi connectivity index (χ0) is 13.8. The van der Waals surface area contributed by atoms with Crippen LogP contribution in [0.3, 0.4) is 0 Å². The number of methoxy groups -OCH3 is 2. The zero-order valence-electron chi connectivity index (χ0n) is 10.4. The van der Waals surface area contributed by atoms with E-state index in [9.17, 15) is 4.39 Å². The minimum Gasteiger partial charge on any atom is -0.487 e. The number of rotatable bonds is 4. The molecule has 0 atom stereocenters. The first-order chi connectivity index (χ1) is 9.17. The van der Waals surface area contributed by atoms with Crippen molar-refractivity contribution in [2.45, 2.75) is 12.8 Å². The molecule has 1 aromatic heterocycles. The second kappa shape index (κ2) is 5.88. The Balaban J connectivity index is 2.36. The minimum absolute atomic E-state index is 0.0490. The van der Waals surface area contributed by atoms with Gasteiger partial charge in [0.05, 0.1) is 19.3 Å². The van der Waals surface area contributed by atoms with Crippen molar-refractivity contribution in [3.63, 3.8) is 0 Å². The van der Waals surface area contributed by atoms with E-state index in [-0.39, 0.29) is 23.3 Å². The lowest BCUT2D eigenvalue weighted by molar-refractivity contribution is 0.306. The molecule has 0 aromatic carbocycles. The molecule has 1 heterocycles. The van der Waals surface area contributed by atoms with Gasteiger partial charge >= 0.3 is 0 Å². The van der Waals surface area contributed by atoms with E-state index >= 15 is 0 Å². The van der Waals surface area contributed by atoms with Gasteiger partial charge in [0, 0.05) is 0 Å². The van der Waals surface area contributed by atoms with Crippen LogP contribution in [0.2, 0.25) is 0 Å². The normalized spacial score (nSPS) is 15.1. The summed E-state index contributed by atoms with van der Waals surface area (Å²) in [6, 6.07) is 0. The van der Waals surface area contributed by atoms with Crippen molar-refractivity contribution in [2.75, 3.05) is 14.2 Å². The first kappa shape index (κ1) is 13.6. The minimum atomic E-state index is -0.518. The second-order valence-electron chi connectivity index (χ2n) is 3.65. The van der Waals surface area contributed by atoms with E-state index < -0.39 is 5.83 Å². The molecule has 2 rings (SSSR count). The van der Waals surface area contributed by atoms with E-state index in [0.717, 1.165) is 0 Å². The maximum atomic E-state index is 13.7. The molecule has 0 saturated heterocycles. The molecule has 0 radical (unpaired) electrons. The summed E-state index contributed by atoms with van der Waals surface area (Å²) in [4.78, 5) is 7.76. The molecular weight excluding hydrogens is 275 g/mol. The van der Waals surface area contributed by atoms with Crippen LogP contribution in [0, 0.1) is 0 Å². The van der Waals surface area contributed by atoms with E-state index in [1.807, 2.05) is 0 Å². The Labute approximate surface area is 114 Å². The molecule has 0 fully saturated rings. The summed E-state index contributed by atoms with van der Waals surface area (Å²) in [7, 11) is 2.85. The molecule has 1 aliphatic carbocycles. The second-order valence-corrected chi connectivity index (χ2v) is 4.10. The summed E-state index contributed by atoms with van der Waals surface area (Å²) in [6.07, 6.45) is 3.71. The molecule has 5 nitrogen and oxygen atoms in total. The van der Waals surface area contributed by atoms with Crippen LogP contribution in [-0.2, 0) is 0 Å². The molecule has 0 amide bonds. The molecule has 0 saturated carbocycles. The smallest absolute Gasteiger partial charge is 0.270 e. The SMILES string of the molecule is COc1ncnc(OC2=C(Cl)CCC=C2F)c1OC. The summed E-state index contributed by atoms with van der Waals surface area (Å²) in [5.41, 5.74) is 0. The Morgan fingerprint density at radius 2 is 1.95 bits per heavy atom. The van der Waals surface area contributed by atoms with Crippen molar-refractivity contribution in [2.24, 2.45) is 0 Å². The first-order valence-electron chi connectivity index (χ1n) is 5.53. The monoisotopic (exact) mass is 286 g/mol. The molecular formula is C12H12ClFN2O3. The summed E-state index contributed by atoms with van der Waals surface area (Å²) in [5, 5.41) is 0.305. The topological polar surface area (TPSA) is 53.5 Å². The zero-order valence-corrected chi connectivity index (χ0v) is 11.2. The summed E-state index contributed by atoms with van der Waals surface area (Å²) in [5.74, 6) is -0.138. The molecule has 0 aliphatic heterocycles. The van der Waals surface area contributed by atoms with Crippen LogP contribution >= 0.6 is 11.6 Å². The van der Waals surface area contributed by atoms with Crippen molar-refractivity contribution in [3.8, 4) is 17.5 Å². The first-order valence-corrected chi connectivity index (χ1v) is 5.90. The third-order valence-electron chi connectivity index (χ3n) is 2.49. The molecule has 1 aliphatic rings. The van der Waals surface area contributed by atoms with Gasteiger partial charge < -0.3 is 14.2 Å². The standard InChI is InChI=1S/C12H12ClFN2O3/c1-17-10-11(18-2)15-6-16-12(10)19-9-7(13)4-3-5-8(9)14/h5-6H,3-4H2,1-2H3. The molecule has 0 spiro atoms. The third kappa shape index (κ3) is 2.78. The van der Waals surface area contributed by atoms with Crippen molar-refractivity contribution in [3.05, 3.63) is 29.0 Å². The van der Waals surface area contributed by atoms with E-state index in [1.54, 1.807) is 0 Å². The number of halogens is 2. The van der Waals surface area contributed by atoms with Crippen LogP contribution < -0.4 is 14.2 Å². The molecule has 0 unspecified atom stereocenters. The van der Waals surface area contributed by atoms with E-state index in [1.165, 1.54) is 26.6 Å². The third-order valence-corrected chi connectivity index (χ3v) is 2.85.